The molecule has 1 aromatic heterocycles. The number of ether oxygens (including phenoxy) is 1. The minimum atomic E-state index is -2.93. The van der Waals surface area contributed by atoms with Crippen LogP contribution in [0.25, 0.3) is 11.4 Å². The van der Waals surface area contributed by atoms with E-state index < -0.39 is 6.61 Å². The number of alkyl halides is 2. The average Bonchev–Trinajstić information content (AvgIpc) is 3.25. The maximum atomic E-state index is 12.7. The molecule has 3 aromatic carbocycles. The number of rotatable bonds is 8. The summed E-state index contributed by atoms with van der Waals surface area (Å²) in [4.78, 5) is 4.36. The lowest BCUT2D eigenvalue weighted by atomic mass is 9.98. The van der Waals surface area contributed by atoms with Gasteiger partial charge in [0.05, 0.1) is 18.2 Å². The molecule has 31 heavy (non-hydrogen) atoms. The molecule has 0 saturated heterocycles. The normalized spacial score (nSPS) is 12.1. The van der Waals surface area contributed by atoms with Crippen molar-refractivity contribution in [3.63, 3.8) is 0 Å². The first-order chi connectivity index (χ1) is 15.1. The number of hydrogen-bond acceptors (Lipinski definition) is 5. The van der Waals surface area contributed by atoms with Crippen LogP contribution in [0.5, 0.6) is 5.75 Å². The van der Waals surface area contributed by atoms with Crippen molar-refractivity contribution < 1.29 is 18.0 Å². The van der Waals surface area contributed by atoms with Gasteiger partial charge in [-0.3, -0.25) is 5.32 Å². The number of hydrogen-bond donors (Lipinski definition) is 1. The maximum absolute atomic E-state index is 12.7. The van der Waals surface area contributed by atoms with E-state index in [0.717, 1.165) is 11.1 Å². The molecule has 0 aliphatic rings. The van der Waals surface area contributed by atoms with Gasteiger partial charge in [-0.15, -0.1) is 0 Å². The summed E-state index contributed by atoms with van der Waals surface area (Å²) in [6.45, 7) is -0.585. The van der Waals surface area contributed by atoms with Gasteiger partial charge in [0.2, 0.25) is 11.7 Å². The zero-order valence-electron chi connectivity index (χ0n) is 16.8. The minimum absolute atomic E-state index is 0.000346. The van der Waals surface area contributed by atoms with Gasteiger partial charge in [-0.25, -0.2) is 0 Å². The molecule has 158 valence electrons. The zero-order chi connectivity index (χ0) is 21.6. The lowest BCUT2D eigenvalue weighted by Crippen LogP contribution is -2.22. The molecule has 4 rings (SSSR count). The minimum Gasteiger partial charge on any atom is -0.434 e. The van der Waals surface area contributed by atoms with E-state index in [1.807, 2.05) is 25.1 Å². The lowest BCUT2D eigenvalue weighted by Gasteiger charge is -2.19. The molecule has 0 aliphatic carbocycles. The Bertz CT molecular complexity index is 1120. The fourth-order valence-electron chi connectivity index (χ4n) is 3.31. The van der Waals surface area contributed by atoms with Crippen LogP contribution < -0.4 is 10.1 Å². The quantitative estimate of drug-likeness (QED) is 0.406. The molecular weight excluding hydrogens is 400 g/mol. The fourth-order valence-corrected chi connectivity index (χ4v) is 3.31. The highest BCUT2D eigenvalue weighted by Gasteiger charge is 2.18. The van der Waals surface area contributed by atoms with Crippen LogP contribution in [-0.2, 0) is 6.54 Å². The molecule has 1 unspecified atom stereocenters. The summed E-state index contributed by atoms with van der Waals surface area (Å²) in [7, 11) is 0. The van der Waals surface area contributed by atoms with E-state index >= 15 is 0 Å². The van der Waals surface area contributed by atoms with Gasteiger partial charge in [0.25, 0.3) is 0 Å². The van der Waals surface area contributed by atoms with Gasteiger partial charge < -0.3 is 9.26 Å². The summed E-state index contributed by atoms with van der Waals surface area (Å²) in [5.74, 6) is 0.536. The number of aryl methyl sites for hydroxylation is 1. The molecule has 5 nitrogen and oxygen atoms in total. The van der Waals surface area contributed by atoms with Crippen molar-refractivity contribution in [3.05, 3.63) is 101 Å². The van der Waals surface area contributed by atoms with E-state index in [9.17, 15) is 8.78 Å². The third-order valence-corrected chi connectivity index (χ3v) is 4.81. The van der Waals surface area contributed by atoms with E-state index in [1.165, 1.54) is 11.6 Å². The highest BCUT2D eigenvalue weighted by atomic mass is 19.3. The Kier molecular flexibility index (Phi) is 6.33. The molecule has 0 amide bonds. The molecule has 0 radical (unpaired) electrons. The Morgan fingerprint density at radius 3 is 2.32 bits per heavy atom. The number of aromatic nitrogens is 2. The molecule has 4 aromatic rings. The van der Waals surface area contributed by atoms with E-state index in [0.29, 0.717) is 18.0 Å². The summed E-state index contributed by atoms with van der Waals surface area (Å²) in [6, 6.07) is 24.6. The SMILES string of the molecule is Cc1ccc(C(NCc2nc(-c3ccccc3OC(F)F)no2)c2ccccc2)cc1. The number of nitrogens with one attached hydrogen (secondary N) is 1. The Morgan fingerprint density at radius 1 is 0.903 bits per heavy atom. The van der Waals surface area contributed by atoms with Crippen LogP contribution in [0.15, 0.2) is 83.4 Å². The van der Waals surface area contributed by atoms with Crippen molar-refractivity contribution in [2.24, 2.45) is 0 Å². The lowest BCUT2D eigenvalue weighted by molar-refractivity contribution is -0.0494. The predicted octanol–water partition coefficient (Wildman–Crippen LogP) is 5.53. The second-order valence-electron chi connectivity index (χ2n) is 7.02. The van der Waals surface area contributed by atoms with Gasteiger partial charge in [0.15, 0.2) is 0 Å². The molecule has 0 fully saturated rings. The van der Waals surface area contributed by atoms with Crippen molar-refractivity contribution in [1.29, 1.82) is 0 Å². The topological polar surface area (TPSA) is 60.2 Å². The Labute approximate surface area is 178 Å². The van der Waals surface area contributed by atoms with Gasteiger partial charge in [-0.05, 0) is 30.2 Å². The summed E-state index contributed by atoms with van der Waals surface area (Å²) in [6.07, 6.45) is 0. The Hall–Kier alpha value is -3.58. The monoisotopic (exact) mass is 421 g/mol. The van der Waals surface area contributed by atoms with Crippen molar-refractivity contribution in [2.75, 3.05) is 0 Å². The van der Waals surface area contributed by atoms with E-state index in [-0.39, 0.29) is 17.6 Å². The van der Waals surface area contributed by atoms with Gasteiger partial charge in [-0.1, -0.05) is 77.5 Å². The number of para-hydroxylation sites is 1. The van der Waals surface area contributed by atoms with Crippen LogP contribution in [0.1, 0.15) is 28.6 Å². The van der Waals surface area contributed by atoms with Crippen LogP contribution in [0.3, 0.4) is 0 Å². The van der Waals surface area contributed by atoms with Crippen molar-refractivity contribution in [3.8, 4) is 17.1 Å². The van der Waals surface area contributed by atoms with Crippen LogP contribution >= 0.6 is 0 Å². The predicted molar refractivity (Wildman–Crippen MR) is 113 cm³/mol. The standard InChI is InChI=1S/C24H21F2N3O2/c1-16-11-13-18(14-12-16)22(17-7-3-2-4-8-17)27-15-21-28-23(29-31-21)19-9-5-6-10-20(19)30-24(25)26/h2-14,22,24,27H,15H2,1H3. The van der Waals surface area contributed by atoms with Gasteiger partial charge in [0, 0.05) is 0 Å². The summed E-state index contributed by atoms with van der Waals surface area (Å²) >= 11 is 0. The zero-order valence-corrected chi connectivity index (χ0v) is 16.8. The molecule has 0 saturated carbocycles. The first kappa shape index (κ1) is 20.7. The van der Waals surface area contributed by atoms with Crippen LogP contribution in [-0.4, -0.2) is 16.8 Å². The number of halogens is 2. The van der Waals surface area contributed by atoms with E-state index in [1.54, 1.807) is 18.2 Å². The Balaban J connectivity index is 1.54. The molecule has 0 spiro atoms. The van der Waals surface area contributed by atoms with E-state index in [4.69, 9.17) is 4.52 Å². The highest BCUT2D eigenvalue weighted by molar-refractivity contribution is 5.63. The summed E-state index contributed by atoms with van der Waals surface area (Å²) in [5, 5.41) is 7.39. The number of nitrogens with zero attached hydrogens (tertiary/aromatic N) is 2. The maximum Gasteiger partial charge on any atom is 0.387 e. The molecule has 1 heterocycles. The van der Waals surface area contributed by atoms with Crippen LogP contribution in [0.4, 0.5) is 8.78 Å². The molecule has 7 heteroatoms. The average molecular weight is 421 g/mol. The van der Waals surface area contributed by atoms with Gasteiger partial charge >= 0.3 is 6.61 Å². The molecule has 1 atom stereocenters. The van der Waals surface area contributed by atoms with Gasteiger partial charge in [0.1, 0.15) is 5.75 Å². The largest absolute Gasteiger partial charge is 0.434 e. The third-order valence-electron chi connectivity index (χ3n) is 4.81. The number of benzene rings is 3. The van der Waals surface area contributed by atoms with Crippen molar-refractivity contribution in [1.82, 2.24) is 15.5 Å². The Morgan fingerprint density at radius 2 is 1.58 bits per heavy atom. The molecule has 1 N–H and O–H groups in total. The van der Waals surface area contributed by atoms with Crippen LogP contribution in [0, 0.1) is 6.92 Å². The van der Waals surface area contributed by atoms with Crippen molar-refractivity contribution >= 4 is 0 Å². The van der Waals surface area contributed by atoms with Crippen molar-refractivity contribution in [2.45, 2.75) is 26.1 Å². The fraction of sp³-hybridized carbons (Fsp3) is 0.167. The highest BCUT2D eigenvalue weighted by Crippen LogP contribution is 2.29. The third kappa shape index (κ3) is 5.13. The second kappa shape index (κ2) is 9.49. The smallest absolute Gasteiger partial charge is 0.387 e. The van der Waals surface area contributed by atoms with Gasteiger partial charge in [-0.2, -0.15) is 13.8 Å². The van der Waals surface area contributed by atoms with Crippen LogP contribution in [0.2, 0.25) is 0 Å². The molecule has 0 bridgehead atoms. The summed E-state index contributed by atoms with van der Waals surface area (Å²) in [5.41, 5.74) is 3.73. The van der Waals surface area contributed by atoms with E-state index in [2.05, 4.69) is 56.6 Å². The first-order valence-corrected chi connectivity index (χ1v) is 9.82. The first-order valence-electron chi connectivity index (χ1n) is 9.82. The molecular formula is C24H21F2N3O2. The molecule has 0 aliphatic heterocycles. The summed E-state index contributed by atoms with van der Waals surface area (Å²) < 4.78 is 35.3. The second-order valence-corrected chi connectivity index (χ2v) is 7.02.